The molecule has 0 aliphatic heterocycles. The molecule has 1 aromatic carbocycles. The third-order valence-electron chi connectivity index (χ3n) is 3.30. The molecule has 0 fully saturated rings. The molecule has 0 saturated carbocycles. The standard InChI is InChI=1S/C17H16N4OS/c1-12-10-13(2)21(20-12)16-8-9-17(19-18-16)23-11-15(22)14-6-4-3-5-7-14/h3-10H,11H2,1-2H3. The smallest absolute Gasteiger partial charge is 0.175 e. The molecule has 2 aromatic heterocycles. The Hall–Kier alpha value is -2.47. The van der Waals surface area contributed by atoms with Gasteiger partial charge in [-0.1, -0.05) is 42.1 Å². The Morgan fingerprint density at radius 1 is 1.09 bits per heavy atom. The highest BCUT2D eigenvalue weighted by atomic mass is 32.2. The largest absolute Gasteiger partial charge is 0.293 e. The normalized spacial score (nSPS) is 10.7. The van der Waals surface area contributed by atoms with Gasteiger partial charge >= 0.3 is 0 Å². The van der Waals surface area contributed by atoms with E-state index in [1.807, 2.05) is 62.4 Å². The minimum Gasteiger partial charge on any atom is -0.293 e. The van der Waals surface area contributed by atoms with E-state index in [4.69, 9.17) is 0 Å². The van der Waals surface area contributed by atoms with Crippen LogP contribution in [0.1, 0.15) is 21.7 Å². The molecule has 116 valence electrons. The topological polar surface area (TPSA) is 60.7 Å². The number of benzene rings is 1. The highest BCUT2D eigenvalue weighted by Crippen LogP contribution is 2.17. The number of Topliss-reactive ketones (excluding diaryl/α,β-unsaturated/α-hetero) is 1. The van der Waals surface area contributed by atoms with E-state index in [-0.39, 0.29) is 5.78 Å². The van der Waals surface area contributed by atoms with Gasteiger partial charge in [-0.3, -0.25) is 4.79 Å². The van der Waals surface area contributed by atoms with Gasteiger partial charge in [-0.2, -0.15) is 5.10 Å². The number of carbonyl (C=O) groups excluding carboxylic acids is 1. The lowest BCUT2D eigenvalue weighted by Gasteiger charge is -2.04. The fourth-order valence-electron chi connectivity index (χ4n) is 2.21. The quantitative estimate of drug-likeness (QED) is 0.532. The first-order chi connectivity index (χ1) is 11.1. The van der Waals surface area contributed by atoms with Crippen LogP contribution in [0.15, 0.2) is 53.6 Å². The lowest BCUT2D eigenvalue weighted by atomic mass is 10.2. The predicted octanol–water partition coefficient (Wildman–Crippen LogP) is 3.25. The van der Waals surface area contributed by atoms with Crippen LogP contribution < -0.4 is 0 Å². The van der Waals surface area contributed by atoms with Gasteiger partial charge in [0, 0.05) is 11.3 Å². The van der Waals surface area contributed by atoms with Gasteiger partial charge in [-0.05, 0) is 32.0 Å². The second-order valence-electron chi connectivity index (χ2n) is 5.15. The summed E-state index contributed by atoms with van der Waals surface area (Å²) in [5.74, 6) is 1.10. The fraction of sp³-hybridized carbons (Fsp3) is 0.176. The van der Waals surface area contributed by atoms with E-state index < -0.39 is 0 Å². The Labute approximate surface area is 138 Å². The van der Waals surface area contributed by atoms with Crippen molar-refractivity contribution in [2.24, 2.45) is 0 Å². The molecule has 0 radical (unpaired) electrons. The first-order valence-electron chi connectivity index (χ1n) is 7.22. The van der Waals surface area contributed by atoms with Crippen molar-refractivity contribution >= 4 is 17.5 Å². The SMILES string of the molecule is Cc1cc(C)n(-c2ccc(SCC(=O)c3ccccc3)nn2)n1. The van der Waals surface area contributed by atoms with Gasteiger partial charge in [-0.25, -0.2) is 4.68 Å². The number of aromatic nitrogens is 4. The van der Waals surface area contributed by atoms with Crippen molar-refractivity contribution in [2.45, 2.75) is 18.9 Å². The van der Waals surface area contributed by atoms with Gasteiger partial charge in [0.1, 0.15) is 5.03 Å². The molecule has 0 amide bonds. The van der Waals surface area contributed by atoms with E-state index in [1.54, 1.807) is 4.68 Å². The fourth-order valence-corrected chi connectivity index (χ4v) is 2.92. The highest BCUT2D eigenvalue weighted by molar-refractivity contribution is 7.99. The molecule has 2 heterocycles. The summed E-state index contributed by atoms with van der Waals surface area (Å²) in [5, 5.41) is 13.5. The zero-order chi connectivity index (χ0) is 16.2. The molecule has 0 aliphatic rings. The van der Waals surface area contributed by atoms with E-state index in [2.05, 4.69) is 15.3 Å². The summed E-state index contributed by atoms with van der Waals surface area (Å²) in [6.45, 7) is 3.92. The Morgan fingerprint density at radius 3 is 2.48 bits per heavy atom. The molecule has 0 spiro atoms. The van der Waals surface area contributed by atoms with Crippen LogP contribution in [0.3, 0.4) is 0 Å². The Kier molecular flexibility index (Phi) is 4.52. The Bertz CT molecular complexity index is 812. The molecule has 0 unspecified atom stereocenters. The maximum atomic E-state index is 12.1. The average molecular weight is 324 g/mol. The van der Waals surface area contributed by atoms with Gasteiger partial charge in [0.2, 0.25) is 0 Å². The minimum absolute atomic E-state index is 0.0834. The van der Waals surface area contributed by atoms with Crippen molar-refractivity contribution in [2.75, 3.05) is 5.75 Å². The second kappa shape index (κ2) is 6.75. The molecule has 0 aliphatic carbocycles. The number of carbonyl (C=O) groups is 1. The molecule has 0 atom stereocenters. The maximum absolute atomic E-state index is 12.1. The Balaban J connectivity index is 1.66. The molecule has 3 aromatic rings. The van der Waals surface area contributed by atoms with E-state index in [1.165, 1.54) is 11.8 Å². The van der Waals surface area contributed by atoms with E-state index in [0.717, 1.165) is 16.4 Å². The molecule has 3 rings (SSSR count). The first kappa shape index (κ1) is 15.4. The maximum Gasteiger partial charge on any atom is 0.175 e. The highest BCUT2D eigenvalue weighted by Gasteiger charge is 2.09. The number of rotatable bonds is 5. The second-order valence-corrected chi connectivity index (χ2v) is 6.14. The van der Waals surface area contributed by atoms with Crippen LogP contribution in [0, 0.1) is 13.8 Å². The zero-order valence-electron chi connectivity index (χ0n) is 12.9. The Morgan fingerprint density at radius 2 is 1.87 bits per heavy atom. The summed E-state index contributed by atoms with van der Waals surface area (Å²) >= 11 is 1.38. The summed E-state index contributed by atoms with van der Waals surface area (Å²) in [4.78, 5) is 12.1. The van der Waals surface area contributed by atoms with Crippen LogP contribution >= 0.6 is 11.8 Å². The van der Waals surface area contributed by atoms with Gasteiger partial charge in [0.15, 0.2) is 11.6 Å². The predicted molar refractivity (Wildman–Crippen MR) is 90.1 cm³/mol. The zero-order valence-corrected chi connectivity index (χ0v) is 13.7. The summed E-state index contributed by atoms with van der Waals surface area (Å²) < 4.78 is 1.76. The summed E-state index contributed by atoms with van der Waals surface area (Å²) in [7, 11) is 0. The molecular formula is C17H16N4OS. The first-order valence-corrected chi connectivity index (χ1v) is 8.20. The molecule has 6 heteroatoms. The van der Waals surface area contributed by atoms with Crippen LogP contribution in [0.25, 0.3) is 5.82 Å². The molecule has 0 bridgehead atoms. The molecule has 5 nitrogen and oxygen atoms in total. The van der Waals surface area contributed by atoms with E-state index in [9.17, 15) is 4.79 Å². The van der Waals surface area contributed by atoms with Crippen molar-refractivity contribution < 1.29 is 4.79 Å². The van der Waals surface area contributed by atoms with Crippen LogP contribution in [-0.4, -0.2) is 31.5 Å². The summed E-state index contributed by atoms with van der Waals surface area (Å²) in [5.41, 5.74) is 2.67. The third-order valence-corrected chi connectivity index (χ3v) is 4.22. The van der Waals surface area contributed by atoms with Crippen molar-refractivity contribution in [3.05, 3.63) is 65.5 Å². The molecule has 0 N–H and O–H groups in total. The van der Waals surface area contributed by atoms with Gasteiger partial charge in [-0.15, -0.1) is 10.2 Å². The van der Waals surface area contributed by atoms with Crippen molar-refractivity contribution in [1.29, 1.82) is 0 Å². The van der Waals surface area contributed by atoms with Crippen LogP contribution in [-0.2, 0) is 0 Å². The van der Waals surface area contributed by atoms with E-state index in [0.29, 0.717) is 17.1 Å². The summed E-state index contributed by atoms with van der Waals surface area (Å²) in [6.07, 6.45) is 0. The number of hydrogen-bond donors (Lipinski definition) is 0. The van der Waals surface area contributed by atoms with E-state index >= 15 is 0 Å². The summed E-state index contributed by atoms with van der Waals surface area (Å²) in [6, 6.07) is 15.0. The number of aryl methyl sites for hydroxylation is 2. The van der Waals surface area contributed by atoms with Crippen molar-refractivity contribution in [3.63, 3.8) is 0 Å². The van der Waals surface area contributed by atoms with Gasteiger partial charge in [0.25, 0.3) is 0 Å². The van der Waals surface area contributed by atoms with Crippen LogP contribution in [0.4, 0.5) is 0 Å². The number of nitrogens with zero attached hydrogens (tertiary/aromatic N) is 4. The monoisotopic (exact) mass is 324 g/mol. The number of thioether (sulfide) groups is 1. The van der Waals surface area contributed by atoms with Crippen molar-refractivity contribution in [3.8, 4) is 5.82 Å². The van der Waals surface area contributed by atoms with Gasteiger partial charge in [0.05, 0.1) is 11.4 Å². The lowest BCUT2D eigenvalue weighted by Crippen LogP contribution is -2.05. The molecule has 0 saturated heterocycles. The average Bonchev–Trinajstić information content (AvgIpc) is 2.92. The van der Waals surface area contributed by atoms with Crippen molar-refractivity contribution in [1.82, 2.24) is 20.0 Å². The third kappa shape index (κ3) is 3.65. The van der Waals surface area contributed by atoms with Crippen LogP contribution in [0.2, 0.25) is 0 Å². The molecule has 23 heavy (non-hydrogen) atoms. The minimum atomic E-state index is 0.0834. The lowest BCUT2D eigenvalue weighted by molar-refractivity contribution is 0.102. The molecular weight excluding hydrogens is 308 g/mol. The number of ketones is 1. The van der Waals surface area contributed by atoms with Crippen LogP contribution in [0.5, 0.6) is 0 Å². The van der Waals surface area contributed by atoms with Gasteiger partial charge < -0.3 is 0 Å². The number of hydrogen-bond acceptors (Lipinski definition) is 5.